The van der Waals surface area contributed by atoms with Crippen molar-refractivity contribution >= 4 is 17.4 Å². The highest BCUT2D eigenvalue weighted by Crippen LogP contribution is 2.16. The second kappa shape index (κ2) is 4.06. The van der Waals surface area contributed by atoms with Crippen LogP contribution in [0.3, 0.4) is 0 Å². The van der Waals surface area contributed by atoms with Crippen LogP contribution < -0.4 is 5.32 Å². The van der Waals surface area contributed by atoms with Crippen molar-refractivity contribution in [1.82, 2.24) is 9.69 Å². The summed E-state index contributed by atoms with van der Waals surface area (Å²) in [6.07, 6.45) is 5.03. The number of hydrogen-bond donors (Lipinski definition) is 1. The van der Waals surface area contributed by atoms with Crippen molar-refractivity contribution in [2.45, 2.75) is 13.8 Å². The monoisotopic (exact) mass is 194 g/mol. The maximum atomic E-state index is 11.5. The van der Waals surface area contributed by atoms with Gasteiger partial charge in [0.15, 0.2) is 0 Å². The Morgan fingerprint density at radius 3 is 2.85 bits per heavy atom. The highest BCUT2D eigenvalue weighted by atomic mass is 32.1. The average Bonchev–Trinajstić information content (AvgIpc) is 2.42. The molecule has 0 aliphatic rings. The van der Waals surface area contributed by atoms with Crippen molar-refractivity contribution < 1.29 is 4.79 Å². The van der Waals surface area contributed by atoms with Crippen LogP contribution in [0.4, 0.5) is 0 Å². The summed E-state index contributed by atoms with van der Waals surface area (Å²) in [5.41, 5.74) is 1.41. The normalized spacial score (nSPS) is 9.31. The number of amides is 1. The molecule has 0 spiro atoms. The van der Waals surface area contributed by atoms with Crippen LogP contribution in [0.1, 0.15) is 20.9 Å². The van der Waals surface area contributed by atoms with E-state index in [9.17, 15) is 4.79 Å². The van der Waals surface area contributed by atoms with Crippen molar-refractivity contribution in [1.29, 1.82) is 0 Å². The first kappa shape index (κ1) is 9.75. The van der Waals surface area contributed by atoms with Gasteiger partial charge in [0.25, 0.3) is 5.91 Å². The molecule has 0 atom stereocenters. The Hall–Kier alpha value is -1.34. The second-order valence-electron chi connectivity index (χ2n) is 2.59. The number of nitrogens with zero attached hydrogens (tertiary/aromatic N) is 1. The summed E-state index contributed by atoms with van der Waals surface area (Å²) < 4.78 is 4.07. The Labute approximate surface area is 81.3 Å². The van der Waals surface area contributed by atoms with Crippen LogP contribution in [0.15, 0.2) is 0 Å². The minimum absolute atomic E-state index is 0.137. The Morgan fingerprint density at radius 2 is 2.38 bits per heavy atom. The van der Waals surface area contributed by atoms with E-state index in [1.165, 1.54) is 11.5 Å². The molecule has 0 bridgehead atoms. The minimum atomic E-state index is -0.137. The molecule has 1 rings (SSSR count). The van der Waals surface area contributed by atoms with Crippen LogP contribution >= 0.6 is 11.5 Å². The molecule has 0 saturated carbocycles. The van der Waals surface area contributed by atoms with E-state index in [2.05, 4.69) is 15.6 Å². The lowest BCUT2D eigenvalue weighted by molar-refractivity contribution is 0.0958. The van der Waals surface area contributed by atoms with E-state index in [0.29, 0.717) is 5.56 Å². The second-order valence-corrected chi connectivity index (χ2v) is 3.56. The largest absolute Gasteiger partial charge is 0.341 e. The lowest BCUT2D eigenvalue weighted by atomic mass is 10.2. The summed E-state index contributed by atoms with van der Waals surface area (Å²) in [6.45, 7) is 3.94. The van der Waals surface area contributed by atoms with Gasteiger partial charge in [-0.2, -0.15) is 4.37 Å². The summed E-state index contributed by atoms with van der Waals surface area (Å²) in [4.78, 5) is 12.4. The number of carbonyl (C=O) groups is 1. The van der Waals surface area contributed by atoms with Gasteiger partial charge in [0.1, 0.15) is 0 Å². The van der Waals surface area contributed by atoms with Gasteiger partial charge in [-0.1, -0.05) is 5.92 Å². The molecule has 1 amide bonds. The number of nitrogens with one attached hydrogen (secondary N) is 1. The first-order valence-corrected chi connectivity index (χ1v) is 4.58. The van der Waals surface area contributed by atoms with Gasteiger partial charge in [-0.15, -0.1) is 6.42 Å². The molecule has 1 N–H and O–H groups in total. The van der Waals surface area contributed by atoms with Gasteiger partial charge in [-0.25, -0.2) is 0 Å². The zero-order valence-electron chi connectivity index (χ0n) is 7.55. The molecule has 0 aliphatic carbocycles. The molecule has 0 saturated heterocycles. The van der Waals surface area contributed by atoms with Crippen LogP contribution in [0.25, 0.3) is 0 Å². The Balaban J connectivity index is 2.83. The number of terminal acetylenes is 1. The molecule has 0 unspecified atom stereocenters. The molecule has 0 aromatic carbocycles. The molecule has 13 heavy (non-hydrogen) atoms. The molecule has 68 valence electrons. The number of hydrogen-bond acceptors (Lipinski definition) is 3. The van der Waals surface area contributed by atoms with Gasteiger partial charge in [-0.3, -0.25) is 4.79 Å². The highest BCUT2D eigenvalue weighted by molar-refractivity contribution is 7.06. The van der Waals surface area contributed by atoms with Crippen molar-refractivity contribution in [3.05, 3.63) is 16.1 Å². The predicted molar refractivity (Wildman–Crippen MR) is 52.8 cm³/mol. The fourth-order valence-electron chi connectivity index (χ4n) is 1.03. The summed E-state index contributed by atoms with van der Waals surface area (Å²) in [5.74, 6) is 2.21. The quantitative estimate of drug-likeness (QED) is 0.717. The maximum Gasteiger partial charge on any atom is 0.255 e. The fraction of sp³-hybridized carbons (Fsp3) is 0.333. The summed E-state index contributed by atoms with van der Waals surface area (Å²) in [6, 6.07) is 0. The molecular formula is C9H10N2OS. The highest BCUT2D eigenvalue weighted by Gasteiger charge is 2.14. The van der Waals surface area contributed by atoms with Crippen molar-refractivity contribution in [2.75, 3.05) is 6.54 Å². The predicted octanol–water partition coefficient (Wildman–Crippen LogP) is 1.12. The number of carbonyl (C=O) groups excluding carboxylic acids is 1. The van der Waals surface area contributed by atoms with Gasteiger partial charge in [-0.05, 0) is 25.4 Å². The zero-order chi connectivity index (χ0) is 9.84. The lowest BCUT2D eigenvalue weighted by Crippen LogP contribution is -2.24. The van der Waals surface area contributed by atoms with Gasteiger partial charge < -0.3 is 5.32 Å². The van der Waals surface area contributed by atoms with Gasteiger partial charge in [0.05, 0.1) is 17.8 Å². The van der Waals surface area contributed by atoms with E-state index in [-0.39, 0.29) is 12.5 Å². The molecule has 3 nitrogen and oxygen atoms in total. The topological polar surface area (TPSA) is 42.0 Å². The molecular weight excluding hydrogens is 184 g/mol. The van der Waals surface area contributed by atoms with Crippen molar-refractivity contribution in [3.63, 3.8) is 0 Å². The SMILES string of the molecule is C#CCNC(=O)c1c(C)nsc1C. The van der Waals surface area contributed by atoms with Crippen molar-refractivity contribution in [2.24, 2.45) is 0 Å². The minimum Gasteiger partial charge on any atom is -0.341 e. The summed E-state index contributed by atoms with van der Waals surface area (Å²) >= 11 is 1.33. The molecule has 0 radical (unpaired) electrons. The van der Waals surface area contributed by atoms with Crippen molar-refractivity contribution in [3.8, 4) is 12.3 Å². The van der Waals surface area contributed by atoms with E-state index in [1.54, 1.807) is 0 Å². The van der Waals surface area contributed by atoms with Crippen LogP contribution in [0.2, 0.25) is 0 Å². The van der Waals surface area contributed by atoms with E-state index in [1.807, 2.05) is 13.8 Å². The van der Waals surface area contributed by atoms with Crippen LogP contribution in [-0.4, -0.2) is 16.8 Å². The van der Waals surface area contributed by atoms with Crippen LogP contribution in [-0.2, 0) is 0 Å². The van der Waals surface area contributed by atoms with E-state index >= 15 is 0 Å². The average molecular weight is 194 g/mol. The van der Waals surface area contributed by atoms with Gasteiger partial charge in [0, 0.05) is 4.88 Å². The number of rotatable bonds is 2. The standard InChI is InChI=1S/C9H10N2OS/c1-4-5-10-9(12)8-6(2)11-13-7(8)3/h1H,5H2,2-3H3,(H,10,12). The third-order valence-electron chi connectivity index (χ3n) is 1.61. The lowest BCUT2D eigenvalue weighted by Gasteiger charge is -2.00. The molecule has 0 aliphatic heterocycles. The maximum absolute atomic E-state index is 11.5. The molecule has 1 heterocycles. The van der Waals surface area contributed by atoms with Gasteiger partial charge >= 0.3 is 0 Å². The molecule has 0 fully saturated rings. The molecule has 1 aromatic rings. The third kappa shape index (κ3) is 2.07. The number of aryl methyl sites for hydroxylation is 2. The van der Waals surface area contributed by atoms with E-state index in [0.717, 1.165) is 10.6 Å². The Bertz CT molecular complexity index is 343. The summed E-state index contributed by atoms with van der Waals surface area (Å²) in [5, 5.41) is 2.61. The first-order valence-electron chi connectivity index (χ1n) is 3.81. The fourth-order valence-corrected chi connectivity index (χ4v) is 1.72. The molecule has 4 heteroatoms. The smallest absolute Gasteiger partial charge is 0.255 e. The van der Waals surface area contributed by atoms with Crippen LogP contribution in [0.5, 0.6) is 0 Å². The third-order valence-corrected chi connectivity index (χ3v) is 2.45. The number of aromatic nitrogens is 1. The molecule has 1 aromatic heterocycles. The summed E-state index contributed by atoms with van der Waals surface area (Å²) in [7, 11) is 0. The van der Waals surface area contributed by atoms with Crippen LogP contribution in [0, 0.1) is 26.2 Å². The van der Waals surface area contributed by atoms with E-state index < -0.39 is 0 Å². The van der Waals surface area contributed by atoms with Gasteiger partial charge in [0.2, 0.25) is 0 Å². The zero-order valence-corrected chi connectivity index (χ0v) is 8.36. The Morgan fingerprint density at radius 1 is 1.69 bits per heavy atom. The first-order chi connectivity index (χ1) is 6.16. The Kier molecular flexibility index (Phi) is 3.04. The van der Waals surface area contributed by atoms with E-state index in [4.69, 9.17) is 6.42 Å².